The lowest BCUT2D eigenvalue weighted by Crippen LogP contribution is -2.33. The second-order valence-corrected chi connectivity index (χ2v) is 15.4. The van der Waals surface area contributed by atoms with Gasteiger partial charge in [0.2, 0.25) is 11.9 Å². The largest absolute Gasteiger partial charge is 0.497 e. The predicted molar refractivity (Wildman–Crippen MR) is 189 cm³/mol. The first-order valence-corrected chi connectivity index (χ1v) is 19.3. The summed E-state index contributed by atoms with van der Waals surface area (Å²) in [5.41, 5.74) is 6.41. The number of phosphoric acid groups is 2. The molecule has 294 valence electrons. The number of aromatic amines is 1. The van der Waals surface area contributed by atoms with Gasteiger partial charge in [-0.25, -0.2) is 19.0 Å². The highest BCUT2D eigenvalue weighted by Gasteiger charge is 2.46. The summed E-state index contributed by atoms with van der Waals surface area (Å²) in [6.45, 7) is 0.314. The summed E-state index contributed by atoms with van der Waals surface area (Å²) < 4.78 is 50.4. The molecule has 2 aromatic heterocycles. The van der Waals surface area contributed by atoms with E-state index in [0.717, 1.165) is 15.8 Å². The number of amides is 3. The number of nitrogen functional groups attached to an aromatic ring is 1. The number of aryl methyl sites for hydroxylation is 1. The molecule has 22 nitrogen and oxygen atoms in total. The Hall–Kier alpha value is -4.86. The van der Waals surface area contributed by atoms with Gasteiger partial charge in [0.25, 0.3) is 17.4 Å². The number of hydrogen-bond acceptors (Lipinski definition) is 16. The molecule has 0 spiro atoms. The number of nitrogens with two attached hydrogens (primary N) is 1. The molecule has 24 heteroatoms. The Bertz CT molecular complexity index is 2320. The van der Waals surface area contributed by atoms with Crippen LogP contribution < -0.4 is 26.2 Å². The summed E-state index contributed by atoms with van der Waals surface area (Å²) in [5, 5.41) is 23.7. The number of phosphoric ester groups is 2. The SMILES string of the molecule is COc1ccc2c(c1)C(=O)N(c1ccc(NC(=O)CCCCOP(=O)(O)OP(=O)(O)OC[C@H]3O[C@@H](n4cnc5c(=O)[nH]c(N)nc54)[C@H](O)[C@@H]3O)cc1C)C2=O. The van der Waals surface area contributed by atoms with Crippen molar-refractivity contribution in [1.29, 1.82) is 0 Å². The van der Waals surface area contributed by atoms with Crippen molar-refractivity contribution < 1.29 is 66.3 Å². The second kappa shape index (κ2) is 15.7. The fraction of sp³-hybridized carbons (Fsp3) is 0.355. The highest BCUT2D eigenvalue weighted by atomic mass is 31.3. The molecule has 3 amide bonds. The Labute approximate surface area is 310 Å². The molecule has 6 rings (SSSR count). The van der Waals surface area contributed by atoms with Crippen LogP contribution in [0, 0.1) is 6.92 Å². The number of benzene rings is 2. The molecule has 55 heavy (non-hydrogen) atoms. The van der Waals surface area contributed by atoms with Gasteiger partial charge in [0.05, 0.1) is 43.5 Å². The van der Waals surface area contributed by atoms with E-state index in [4.69, 9.17) is 24.3 Å². The standard InChI is InChI=1S/C31H35N7O15P2/c1-15-11-16(6-9-20(15)38-28(43)18-8-7-17(49-2)12-19(18)29(38)44)34-22(39)5-3-4-10-50-54(45,46)53-55(47,48)51-13-21-24(40)25(41)30(52-21)37-14-33-23-26(37)35-31(32)36-27(23)42/h6-9,11-12,14,21,24-25,30,40-41H,3-5,10,13H2,1-2H3,(H,34,39)(H,45,46)(H,47,48)(H3,32,35,36,42)/t21-,24-,25-,30-/m1/s1. The quantitative estimate of drug-likeness (QED) is 0.0508. The minimum Gasteiger partial charge on any atom is -0.497 e. The number of H-pyrrole nitrogens is 1. The summed E-state index contributed by atoms with van der Waals surface area (Å²) in [7, 11) is -9.04. The third-order valence-corrected chi connectivity index (χ3v) is 11.2. The van der Waals surface area contributed by atoms with Crippen LogP contribution in [0.15, 0.2) is 47.5 Å². The highest BCUT2D eigenvalue weighted by molar-refractivity contribution is 7.61. The Kier molecular flexibility index (Phi) is 11.4. The monoisotopic (exact) mass is 807 g/mol. The van der Waals surface area contributed by atoms with Crippen LogP contribution >= 0.6 is 15.6 Å². The normalized spacial score (nSPS) is 21.7. The summed E-state index contributed by atoms with van der Waals surface area (Å²) in [4.78, 5) is 81.8. The number of aromatic nitrogens is 4. The summed E-state index contributed by atoms with van der Waals surface area (Å²) in [6.07, 6.45) is -4.93. The van der Waals surface area contributed by atoms with Gasteiger partial charge in [0, 0.05) is 12.1 Å². The Morgan fingerprint density at radius 3 is 2.47 bits per heavy atom. The lowest BCUT2D eigenvalue weighted by atomic mass is 10.1. The molecule has 2 aliphatic heterocycles. The van der Waals surface area contributed by atoms with E-state index in [1.54, 1.807) is 19.1 Å². The Balaban J connectivity index is 0.930. The number of aliphatic hydroxyl groups excluding tert-OH is 2. The van der Waals surface area contributed by atoms with E-state index in [1.807, 2.05) is 0 Å². The first kappa shape index (κ1) is 39.8. The van der Waals surface area contributed by atoms with Gasteiger partial charge in [0.15, 0.2) is 17.4 Å². The summed E-state index contributed by atoms with van der Waals surface area (Å²) in [6, 6.07) is 9.25. The highest BCUT2D eigenvalue weighted by Crippen LogP contribution is 2.60. The van der Waals surface area contributed by atoms with Crippen LogP contribution in [0.4, 0.5) is 17.3 Å². The zero-order valence-corrected chi connectivity index (χ0v) is 30.7. The molecule has 1 saturated heterocycles. The maximum Gasteiger partial charge on any atom is 0.481 e. The third kappa shape index (κ3) is 8.53. The van der Waals surface area contributed by atoms with Crippen molar-refractivity contribution in [2.45, 2.75) is 50.7 Å². The van der Waals surface area contributed by atoms with E-state index in [1.165, 1.54) is 31.4 Å². The second-order valence-electron chi connectivity index (χ2n) is 12.3. The number of unbranched alkanes of at least 4 members (excludes halogenated alkanes) is 1. The maximum atomic E-state index is 13.0. The van der Waals surface area contributed by atoms with Crippen molar-refractivity contribution in [3.05, 3.63) is 69.8 Å². The number of hydrogen-bond donors (Lipinski definition) is 7. The van der Waals surface area contributed by atoms with E-state index in [0.29, 0.717) is 22.7 Å². The fourth-order valence-electron chi connectivity index (χ4n) is 5.91. The molecule has 6 atom stereocenters. The van der Waals surface area contributed by atoms with Crippen LogP contribution in [-0.2, 0) is 32.0 Å². The topological polar surface area (TPSA) is 317 Å². The number of carbonyl (C=O) groups is 3. The first-order valence-electron chi connectivity index (χ1n) is 16.4. The molecule has 4 aromatic rings. The lowest BCUT2D eigenvalue weighted by molar-refractivity contribution is -0.116. The van der Waals surface area contributed by atoms with Crippen LogP contribution in [0.1, 0.15) is 51.8 Å². The van der Waals surface area contributed by atoms with Crippen LogP contribution in [-0.4, -0.2) is 95.9 Å². The average Bonchev–Trinajstić information content (AvgIpc) is 3.74. The number of aliphatic hydroxyl groups is 2. The molecule has 4 heterocycles. The van der Waals surface area contributed by atoms with E-state index >= 15 is 0 Å². The number of methoxy groups -OCH3 is 1. The average molecular weight is 808 g/mol. The molecule has 0 bridgehead atoms. The number of rotatable bonds is 15. The molecule has 0 saturated carbocycles. The van der Waals surface area contributed by atoms with Crippen molar-refractivity contribution in [2.24, 2.45) is 0 Å². The summed E-state index contributed by atoms with van der Waals surface area (Å²) in [5.74, 6) is -1.24. The number of imidazole rings is 1. The number of ether oxygens (including phenoxy) is 2. The van der Waals surface area contributed by atoms with E-state index < -0.39 is 76.7 Å². The number of anilines is 3. The molecule has 8 N–H and O–H groups in total. The molecule has 2 unspecified atom stereocenters. The van der Waals surface area contributed by atoms with Crippen molar-refractivity contribution in [1.82, 2.24) is 19.5 Å². The fourth-order valence-corrected chi connectivity index (χ4v) is 8.03. The summed E-state index contributed by atoms with van der Waals surface area (Å²) >= 11 is 0. The minimum atomic E-state index is -5.31. The van der Waals surface area contributed by atoms with Crippen LogP contribution in [0.2, 0.25) is 0 Å². The van der Waals surface area contributed by atoms with Gasteiger partial charge in [-0.2, -0.15) is 9.29 Å². The lowest BCUT2D eigenvalue weighted by Gasteiger charge is -2.19. The molecule has 0 radical (unpaired) electrons. The number of fused-ring (bicyclic) bond motifs is 2. The van der Waals surface area contributed by atoms with Crippen molar-refractivity contribution in [2.75, 3.05) is 36.3 Å². The Morgan fingerprint density at radius 1 is 1.02 bits per heavy atom. The number of nitrogens with zero attached hydrogens (tertiary/aromatic N) is 4. The van der Waals surface area contributed by atoms with Crippen molar-refractivity contribution in [3.63, 3.8) is 0 Å². The zero-order chi connectivity index (χ0) is 39.8. The minimum absolute atomic E-state index is 0.0477. The molecule has 2 aromatic carbocycles. The third-order valence-electron chi connectivity index (χ3n) is 8.54. The zero-order valence-electron chi connectivity index (χ0n) is 28.9. The van der Waals surface area contributed by atoms with Gasteiger partial charge in [-0.05, 0) is 61.7 Å². The van der Waals surface area contributed by atoms with Gasteiger partial charge in [-0.15, -0.1) is 0 Å². The maximum absolute atomic E-state index is 13.0. The molecule has 0 aliphatic carbocycles. The van der Waals surface area contributed by atoms with E-state index in [9.17, 15) is 48.3 Å². The molecule has 1 fully saturated rings. The van der Waals surface area contributed by atoms with Crippen LogP contribution in [0.25, 0.3) is 11.2 Å². The van der Waals surface area contributed by atoms with E-state index in [-0.39, 0.29) is 47.5 Å². The van der Waals surface area contributed by atoms with Gasteiger partial charge in [-0.1, -0.05) is 0 Å². The van der Waals surface area contributed by atoms with Gasteiger partial charge in [0.1, 0.15) is 24.1 Å². The van der Waals surface area contributed by atoms with Gasteiger partial charge < -0.3 is 40.5 Å². The number of nitrogens with one attached hydrogen (secondary N) is 2. The molecule has 2 aliphatic rings. The van der Waals surface area contributed by atoms with Gasteiger partial charge >= 0.3 is 15.6 Å². The molecular formula is C31H35N7O15P2. The smallest absolute Gasteiger partial charge is 0.481 e. The van der Waals surface area contributed by atoms with Crippen LogP contribution in [0.5, 0.6) is 5.75 Å². The predicted octanol–water partition coefficient (Wildman–Crippen LogP) is 1.50. The van der Waals surface area contributed by atoms with Crippen LogP contribution in [0.3, 0.4) is 0 Å². The number of imide groups is 1. The van der Waals surface area contributed by atoms with Gasteiger partial charge in [-0.3, -0.25) is 37.8 Å². The van der Waals surface area contributed by atoms with Crippen molar-refractivity contribution in [3.8, 4) is 5.75 Å². The number of carbonyl (C=O) groups excluding carboxylic acids is 3. The first-order chi connectivity index (χ1) is 26.0. The molecular weight excluding hydrogens is 772 g/mol. The van der Waals surface area contributed by atoms with Crippen molar-refractivity contribution >= 4 is 61.9 Å². The van der Waals surface area contributed by atoms with E-state index in [2.05, 4.69) is 24.6 Å². The Morgan fingerprint density at radius 2 is 1.75 bits per heavy atom.